The molecule has 0 saturated carbocycles. The van der Waals surface area contributed by atoms with Crippen LogP contribution in [0.1, 0.15) is 13.3 Å². The van der Waals surface area contributed by atoms with E-state index in [1.54, 1.807) is 11.9 Å². The van der Waals surface area contributed by atoms with Gasteiger partial charge >= 0.3 is 0 Å². The molecule has 6 heteroatoms. The van der Waals surface area contributed by atoms with Crippen molar-refractivity contribution in [2.24, 2.45) is 5.41 Å². The molecule has 2 aliphatic heterocycles. The molecule has 2 rings (SSSR count). The van der Waals surface area contributed by atoms with Gasteiger partial charge in [0.1, 0.15) is 6.10 Å². The maximum atomic E-state index is 12.2. The second-order valence-corrected chi connectivity index (χ2v) is 5.21. The molecule has 0 aromatic rings. The Kier molecular flexibility index (Phi) is 3.87. The number of carbonyl (C=O) groups is 2. The number of hydrogen-bond acceptors (Lipinski definition) is 4. The minimum Gasteiger partial charge on any atom is -0.366 e. The van der Waals surface area contributed by atoms with Crippen molar-refractivity contribution >= 4 is 11.8 Å². The summed E-state index contributed by atoms with van der Waals surface area (Å²) in [4.78, 5) is 25.8. The molecule has 0 aliphatic carbocycles. The van der Waals surface area contributed by atoms with Crippen LogP contribution in [0.5, 0.6) is 0 Å². The van der Waals surface area contributed by atoms with E-state index < -0.39 is 11.5 Å². The lowest BCUT2D eigenvalue weighted by Gasteiger charge is -2.28. The van der Waals surface area contributed by atoms with Gasteiger partial charge in [-0.1, -0.05) is 0 Å². The van der Waals surface area contributed by atoms with Crippen LogP contribution in [0.4, 0.5) is 0 Å². The fourth-order valence-electron chi connectivity index (χ4n) is 2.56. The molecule has 2 atom stereocenters. The second-order valence-electron chi connectivity index (χ2n) is 5.21. The summed E-state index contributed by atoms with van der Waals surface area (Å²) >= 11 is 0. The third kappa shape index (κ3) is 2.49. The van der Waals surface area contributed by atoms with E-state index in [1.807, 2.05) is 6.92 Å². The Bertz CT molecular complexity index is 341. The highest BCUT2D eigenvalue weighted by Gasteiger charge is 2.43. The quantitative estimate of drug-likeness (QED) is 0.661. The highest BCUT2D eigenvalue weighted by Crippen LogP contribution is 2.30. The first-order chi connectivity index (χ1) is 8.57. The molecule has 0 bridgehead atoms. The van der Waals surface area contributed by atoms with Gasteiger partial charge in [-0.3, -0.25) is 9.59 Å². The summed E-state index contributed by atoms with van der Waals surface area (Å²) in [6.07, 6.45) is 0.309. The summed E-state index contributed by atoms with van der Waals surface area (Å²) in [6.45, 7) is 4.93. The molecule has 2 aliphatic rings. The third-order valence-corrected chi connectivity index (χ3v) is 3.76. The molecule has 0 radical (unpaired) electrons. The van der Waals surface area contributed by atoms with E-state index in [4.69, 9.17) is 4.74 Å². The summed E-state index contributed by atoms with van der Waals surface area (Å²) in [5.41, 5.74) is -0.466. The second kappa shape index (κ2) is 5.24. The van der Waals surface area contributed by atoms with Gasteiger partial charge in [-0.2, -0.15) is 0 Å². The number of hydrogen-bond donors (Lipinski definition) is 2. The highest BCUT2D eigenvalue weighted by molar-refractivity contribution is 5.86. The maximum absolute atomic E-state index is 12.2. The number of rotatable bonds is 2. The number of ether oxygens (including phenoxy) is 1. The largest absolute Gasteiger partial charge is 0.366 e. The average molecular weight is 255 g/mol. The Labute approximate surface area is 107 Å². The van der Waals surface area contributed by atoms with Crippen LogP contribution in [-0.4, -0.2) is 62.7 Å². The molecule has 0 aromatic heterocycles. The van der Waals surface area contributed by atoms with Gasteiger partial charge < -0.3 is 20.3 Å². The van der Waals surface area contributed by atoms with E-state index in [2.05, 4.69) is 10.6 Å². The van der Waals surface area contributed by atoms with Crippen LogP contribution < -0.4 is 10.6 Å². The zero-order valence-corrected chi connectivity index (χ0v) is 11.0. The zero-order valence-electron chi connectivity index (χ0n) is 11.0. The Hall–Kier alpha value is -1.14. The molecule has 18 heavy (non-hydrogen) atoms. The predicted octanol–water partition coefficient (Wildman–Crippen LogP) is -1.04. The third-order valence-electron chi connectivity index (χ3n) is 3.76. The molecule has 6 nitrogen and oxygen atoms in total. The van der Waals surface area contributed by atoms with Crippen molar-refractivity contribution < 1.29 is 14.3 Å². The topological polar surface area (TPSA) is 70.7 Å². The molecule has 0 spiro atoms. The van der Waals surface area contributed by atoms with Crippen LogP contribution in [0, 0.1) is 5.41 Å². The minimum absolute atomic E-state index is 0.000451. The number of nitrogens with one attached hydrogen (secondary N) is 2. The van der Waals surface area contributed by atoms with Crippen molar-refractivity contribution in [3.05, 3.63) is 0 Å². The number of nitrogens with zero attached hydrogens (tertiary/aromatic N) is 1. The van der Waals surface area contributed by atoms with E-state index in [0.717, 1.165) is 6.54 Å². The van der Waals surface area contributed by atoms with Gasteiger partial charge in [0.05, 0.1) is 12.0 Å². The number of likely N-dealkylation sites (tertiary alicyclic amines) is 1. The van der Waals surface area contributed by atoms with Crippen LogP contribution >= 0.6 is 0 Å². The van der Waals surface area contributed by atoms with Crippen molar-refractivity contribution in [2.75, 3.05) is 39.8 Å². The Morgan fingerprint density at radius 2 is 2.28 bits per heavy atom. The van der Waals surface area contributed by atoms with Gasteiger partial charge in [0.15, 0.2) is 0 Å². The Morgan fingerprint density at radius 1 is 1.50 bits per heavy atom. The van der Waals surface area contributed by atoms with Crippen LogP contribution in [0.2, 0.25) is 0 Å². The zero-order chi connectivity index (χ0) is 13.2. The minimum atomic E-state index is -0.466. The summed E-state index contributed by atoms with van der Waals surface area (Å²) in [7, 11) is 1.63. The Balaban J connectivity index is 1.95. The molecule has 2 N–H and O–H groups in total. The molecule has 2 fully saturated rings. The highest BCUT2D eigenvalue weighted by atomic mass is 16.5. The average Bonchev–Trinajstić information content (AvgIpc) is 2.82. The number of amides is 2. The summed E-state index contributed by atoms with van der Waals surface area (Å²) in [5.74, 6) is -0.00434. The van der Waals surface area contributed by atoms with Crippen LogP contribution in [0.25, 0.3) is 0 Å². The lowest BCUT2D eigenvalue weighted by molar-refractivity contribution is -0.144. The molecule has 2 unspecified atom stereocenters. The molecule has 0 aromatic carbocycles. The maximum Gasteiger partial charge on any atom is 0.253 e. The van der Waals surface area contributed by atoms with Gasteiger partial charge in [0.25, 0.3) is 5.91 Å². The SMILES string of the molecule is CNC(=O)C1(C)CCN(C(=O)C2CNCCO2)C1. The first-order valence-electron chi connectivity index (χ1n) is 6.40. The van der Waals surface area contributed by atoms with E-state index >= 15 is 0 Å². The normalized spacial score (nSPS) is 32.3. The lowest BCUT2D eigenvalue weighted by Crippen LogP contribution is -2.49. The van der Waals surface area contributed by atoms with Gasteiger partial charge in [-0.25, -0.2) is 0 Å². The van der Waals surface area contributed by atoms with Gasteiger partial charge in [-0.15, -0.1) is 0 Å². The van der Waals surface area contributed by atoms with Gasteiger partial charge in [0.2, 0.25) is 5.91 Å². The molecule has 102 valence electrons. The molecule has 2 amide bonds. The van der Waals surface area contributed by atoms with Crippen molar-refractivity contribution in [3.8, 4) is 0 Å². The first kappa shape index (κ1) is 13.3. The van der Waals surface area contributed by atoms with E-state index in [0.29, 0.717) is 32.7 Å². The standard InChI is InChI=1S/C12H21N3O3/c1-12(11(17)13-2)3-5-15(8-12)10(16)9-7-14-4-6-18-9/h9,14H,3-8H2,1-2H3,(H,13,17). The summed E-state index contributed by atoms with van der Waals surface area (Å²) in [6, 6.07) is 0. The molecule has 2 heterocycles. The summed E-state index contributed by atoms with van der Waals surface area (Å²) < 4.78 is 5.45. The van der Waals surface area contributed by atoms with Crippen molar-refractivity contribution in [1.29, 1.82) is 0 Å². The summed E-state index contributed by atoms with van der Waals surface area (Å²) in [5, 5.41) is 5.81. The number of carbonyl (C=O) groups excluding carboxylic acids is 2. The van der Waals surface area contributed by atoms with E-state index in [9.17, 15) is 9.59 Å². The smallest absolute Gasteiger partial charge is 0.253 e. The van der Waals surface area contributed by atoms with Crippen molar-refractivity contribution in [1.82, 2.24) is 15.5 Å². The van der Waals surface area contributed by atoms with Crippen LogP contribution in [0.15, 0.2) is 0 Å². The molecular weight excluding hydrogens is 234 g/mol. The van der Waals surface area contributed by atoms with Crippen molar-refractivity contribution in [3.63, 3.8) is 0 Å². The van der Waals surface area contributed by atoms with E-state index in [-0.39, 0.29) is 11.8 Å². The first-order valence-corrected chi connectivity index (χ1v) is 6.40. The lowest BCUT2D eigenvalue weighted by atomic mass is 9.89. The van der Waals surface area contributed by atoms with Gasteiger partial charge in [0, 0.05) is 33.2 Å². The number of morpholine rings is 1. The predicted molar refractivity (Wildman–Crippen MR) is 66.0 cm³/mol. The van der Waals surface area contributed by atoms with Crippen LogP contribution in [0.3, 0.4) is 0 Å². The monoisotopic (exact) mass is 255 g/mol. The fraction of sp³-hybridized carbons (Fsp3) is 0.833. The molecular formula is C12H21N3O3. The van der Waals surface area contributed by atoms with E-state index in [1.165, 1.54) is 0 Å². The van der Waals surface area contributed by atoms with Crippen molar-refractivity contribution in [2.45, 2.75) is 19.4 Å². The van der Waals surface area contributed by atoms with Gasteiger partial charge in [-0.05, 0) is 13.3 Å². The molecule has 2 saturated heterocycles. The fourth-order valence-corrected chi connectivity index (χ4v) is 2.56. The Morgan fingerprint density at radius 3 is 2.89 bits per heavy atom. The van der Waals surface area contributed by atoms with Crippen LogP contribution in [-0.2, 0) is 14.3 Å².